The Morgan fingerprint density at radius 2 is 0.640 bits per heavy atom. The first-order valence-electron chi connectivity index (χ1n) is 49.5. The molecule has 0 bridgehead atoms. The van der Waals surface area contributed by atoms with E-state index < -0.39 is 0 Å². The van der Waals surface area contributed by atoms with Crippen molar-refractivity contribution < 1.29 is 0 Å². The van der Waals surface area contributed by atoms with E-state index in [0.717, 1.165) is 47.5 Å². The molecule has 3 atom stereocenters. The Morgan fingerprint density at radius 3 is 0.964 bits per heavy atom. The van der Waals surface area contributed by atoms with Crippen molar-refractivity contribution in [3.8, 4) is 0 Å². The lowest BCUT2D eigenvalue weighted by molar-refractivity contribution is 0.131. The van der Waals surface area contributed by atoms with Gasteiger partial charge >= 0.3 is 0 Å². The van der Waals surface area contributed by atoms with E-state index in [4.69, 9.17) is 11.5 Å². The lowest BCUT2D eigenvalue weighted by atomic mass is 9.69. The van der Waals surface area contributed by atoms with E-state index in [1.807, 2.05) is 0 Å². The molecule has 6 saturated carbocycles. The molecular weight excluding hydrogens is 1350 g/mol. The minimum Gasteiger partial charge on any atom is -0.328 e. The zero-order valence-electron chi connectivity index (χ0n) is 82.6. The summed E-state index contributed by atoms with van der Waals surface area (Å²) < 4.78 is 0. The van der Waals surface area contributed by atoms with Crippen molar-refractivity contribution in [2.24, 2.45) is 102 Å². The molecule has 4 saturated heterocycles. The third-order valence-electron chi connectivity index (χ3n) is 26.6. The summed E-state index contributed by atoms with van der Waals surface area (Å²) in [6, 6.07) is 1.75. The smallest absolute Gasteiger partial charge is 0.0110 e. The van der Waals surface area contributed by atoms with Gasteiger partial charge in [0.05, 0.1) is 0 Å². The molecule has 1 unspecified atom stereocenters. The molecule has 666 valence electrons. The fourth-order valence-electron chi connectivity index (χ4n) is 20.0. The lowest BCUT2D eigenvalue weighted by Crippen LogP contribution is -2.46. The van der Waals surface area contributed by atoms with Crippen LogP contribution in [0.2, 0.25) is 0 Å². The summed E-state index contributed by atoms with van der Waals surface area (Å²) in [4.78, 5) is 10.3. The molecule has 6 aliphatic carbocycles. The third-order valence-corrected chi connectivity index (χ3v) is 26.6. The number of piperazine rings is 1. The maximum absolute atomic E-state index is 6.07. The normalized spacial score (nSPS) is 24.7. The number of piperidine rings is 3. The molecule has 10 fully saturated rings. The van der Waals surface area contributed by atoms with E-state index >= 15 is 0 Å². The molecule has 10 aliphatic rings. The van der Waals surface area contributed by atoms with Gasteiger partial charge in [-0.25, -0.2) is 0 Å². The highest BCUT2D eigenvalue weighted by atomic mass is 15.3. The number of unbranched alkanes of at least 4 members (excludes halogenated alkanes) is 1. The van der Waals surface area contributed by atoms with Crippen LogP contribution in [0.5, 0.6) is 0 Å². The number of rotatable bonds is 13. The quantitative estimate of drug-likeness (QED) is 0.170. The second kappa shape index (κ2) is 56.3. The summed E-state index contributed by atoms with van der Waals surface area (Å²) >= 11 is 0. The van der Waals surface area contributed by atoms with Crippen molar-refractivity contribution in [3.63, 3.8) is 0 Å². The van der Waals surface area contributed by atoms with Crippen molar-refractivity contribution in [1.29, 1.82) is 0 Å². The molecule has 7 heteroatoms. The largest absolute Gasteiger partial charge is 0.328 e. The SMILES string of the molecule is CC(C)(C)C1CCC(N)CC1.CC(C)(C)C1CCC1.CC(C)(C)CC1CCCC1.CC(C)(C)CC1CCCCC1.CC(C)(C)CC1CCCCC1.CC(C)(C)CC1CCCCN1.CC(C)(C)CCCN1CCCCC1.CC(C)(C)[C@H]1CCCC[C@@H]1N.CCCCN1CCN(CCC)CC1.CN1CCC(CC(C)(C)C)CC1. The van der Waals surface area contributed by atoms with Crippen molar-refractivity contribution in [2.45, 2.75) is 495 Å². The molecular formula is C104H215N7. The Bertz CT molecular complexity index is 2020. The maximum Gasteiger partial charge on any atom is 0.0110 e. The Kier molecular flexibility index (Phi) is 55.2. The van der Waals surface area contributed by atoms with Gasteiger partial charge in [-0.15, -0.1) is 0 Å². The van der Waals surface area contributed by atoms with Crippen LogP contribution in [0.3, 0.4) is 0 Å². The van der Waals surface area contributed by atoms with Crippen LogP contribution < -0.4 is 16.8 Å². The van der Waals surface area contributed by atoms with E-state index in [2.05, 4.69) is 233 Å². The minimum absolute atomic E-state index is 0.417. The van der Waals surface area contributed by atoms with Crippen LogP contribution in [0, 0.1) is 90.2 Å². The molecule has 0 spiro atoms. The van der Waals surface area contributed by atoms with E-state index in [1.165, 1.54) is 355 Å². The highest BCUT2D eigenvalue weighted by molar-refractivity contribution is 4.87. The van der Waals surface area contributed by atoms with Crippen molar-refractivity contribution in [3.05, 3.63) is 0 Å². The third kappa shape index (κ3) is 62.5. The van der Waals surface area contributed by atoms with Crippen LogP contribution in [0.1, 0.15) is 477 Å². The molecule has 0 radical (unpaired) electrons. The molecule has 10 rings (SSSR count). The average Bonchev–Trinajstić information content (AvgIpc) is 1.28. The molecule has 5 N–H and O–H groups in total. The van der Waals surface area contributed by atoms with Gasteiger partial charge in [-0.1, -0.05) is 329 Å². The first-order valence-corrected chi connectivity index (χ1v) is 49.5. The van der Waals surface area contributed by atoms with Crippen LogP contribution in [-0.4, -0.2) is 123 Å². The van der Waals surface area contributed by atoms with Gasteiger partial charge in [0, 0.05) is 44.3 Å². The molecule has 4 aliphatic heterocycles. The Balaban J connectivity index is 0.000000618. The molecule has 0 aromatic carbocycles. The predicted molar refractivity (Wildman–Crippen MR) is 504 cm³/mol. The molecule has 111 heavy (non-hydrogen) atoms. The minimum atomic E-state index is 0.417. The van der Waals surface area contributed by atoms with Gasteiger partial charge in [-0.3, -0.25) is 0 Å². The van der Waals surface area contributed by atoms with Crippen molar-refractivity contribution in [2.75, 3.05) is 85.6 Å². The molecule has 0 aromatic rings. The van der Waals surface area contributed by atoms with Gasteiger partial charge in [0.25, 0.3) is 0 Å². The van der Waals surface area contributed by atoms with Gasteiger partial charge in [0.15, 0.2) is 0 Å². The van der Waals surface area contributed by atoms with Crippen LogP contribution in [0.25, 0.3) is 0 Å². The summed E-state index contributed by atoms with van der Waals surface area (Å²) in [6.45, 7) is 83.4. The summed E-state index contributed by atoms with van der Waals surface area (Å²) in [7, 11) is 2.23. The summed E-state index contributed by atoms with van der Waals surface area (Å²) in [6.07, 6.45) is 60.9. The van der Waals surface area contributed by atoms with Crippen LogP contribution in [-0.2, 0) is 0 Å². The number of nitrogens with zero attached hydrogens (tertiary/aromatic N) is 4. The first-order chi connectivity index (χ1) is 51.3. The van der Waals surface area contributed by atoms with Crippen LogP contribution in [0.15, 0.2) is 0 Å². The van der Waals surface area contributed by atoms with Crippen molar-refractivity contribution in [1.82, 2.24) is 24.9 Å². The van der Waals surface area contributed by atoms with Gasteiger partial charge in [0.1, 0.15) is 0 Å². The van der Waals surface area contributed by atoms with Gasteiger partial charge in [-0.2, -0.15) is 0 Å². The highest BCUT2D eigenvalue weighted by Gasteiger charge is 2.33. The summed E-state index contributed by atoms with van der Waals surface area (Å²) in [5.41, 5.74) is 16.6. The second-order valence-electron chi connectivity index (χ2n) is 49.4. The average molecular weight is 1560 g/mol. The predicted octanol–water partition coefficient (Wildman–Crippen LogP) is 30.0. The second-order valence-corrected chi connectivity index (χ2v) is 49.4. The molecule has 0 aromatic heterocycles. The van der Waals surface area contributed by atoms with Crippen LogP contribution >= 0.6 is 0 Å². The number of likely N-dealkylation sites (tertiary alicyclic amines) is 2. The highest BCUT2D eigenvalue weighted by Crippen LogP contribution is 2.43. The number of nitrogens with two attached hydrogens (primary N) is 2. The van der Waals surface area contributed by atoms with Crippen LogP contribution in [0.4, 0.5) is 0 Å². The first kappa shape index (κ1) is 109. The van der Waals surface area contributed by atoms with Gasteiger partial charge in [0.2, 0.25) is 0 Å². The van der Waals surface area contributed by atoms with E-state index in [9.17, 15) is 0 Å². The summed E-state index contributed by atoms with van der Waals surface area (Å²) in [5, 5.41) is 3.58. The number of hydrogen-bond donors (Lipinski definition) is 3. The van der Waals surface area contributed by atoms with Gasteiger partial charge < -0.3 is 36.4 Å². The van der Waals surface area contributed by atoms with E-state index in [0.29, 0.717) is 60.8 Å². The molecule has 4 heterocycles. The monoisotopic (exact) mass is 1560 g/mol. The van der Waals surface area contributed by atoms with Gasteiger partial charge in [-0.05, 0) is 297 Å². The van der Waals surface area contributed by atoms with E-state index in [1.54, 1.807) is 0 Å². The Labute approximate surface area is 703 Å². The fourth-order valence-corrected chi connectivity index (χ4v) is 20.0. The maximum atomic E-state index is 6.07. The molecule has 0 amide bonds. The zero-order valence-corrected chi connectivity index (χ0v) is 82.6. The number of nitrogens with one attached hydrogen (secondary N) is 1. The topological polar surface area (TPSA) is 77.0 Å². The van der Waals surface area contributed by atoms with Crippen molar-refractivity contribution >= 4 is 0 Å². The zero-order chi connectivity index (χ0) is 84.2. The molecule has 7 nitrogen and oxygen atoms in total. The standard InChI is InChI=1S/C12H25N.C11H24N2.C11H23N.2C11H22.3C10H21N.C10H20.C8H16/c1-12(2,3)8-7-11-13-9-5-4-6-10-13;1-3-5-7-13-10-8-12(6-4-2)9-11-13;1-11(2,3)9-10-5-7-12(4)8-6-10;2*1-11(2,3)9-10-7-5-4-6-8-10;1-10(2,3)8-4-6-9(11)7-5-8;1-10(2,3)8-9-6-4-5-7-11-9;1-10(2,3)8-6-4-5-7-9(8)11;1-10(2,3)8-9-6-4-5-7-9;1-8(2,3)7-5-4-6-7/h4-11H2,1-3H3;3-11H2,1-2H3;10H,5-9H2,1-4H3;2*10H,4-9H2,1-3H3;8-9H,4-7,11H2,1-3H3;9,11H,4-8H2,1-3H3;8-9H,4-7,11H2,1-3H3;9H,4-8H2,1-3H3;7H,4-6H2,1-3H3/t;;;;;;;8-,9-;;/m.......0../s1. The number of hydrogen-bond acceptors (Lipinski definition) is 7. The lowest BCUT2D eigenvalue weighted by Gasteiger charge is -2.38. The Morgan fingerprint density at radius 1 is 0.288 bits per heavy atom. The van der Waals surface area contributed by atoms with E-state index in [-0.39, 0.29) is 0 Å². The summed E-state index contributed by atoms with van der Waals surface area (Å²) in [5.74, 6) is 6.81. The fraction of sp³-hybridized carbons (Fsp3) is 1.00. The Hall–Kier alpha value is -0.280.